The van der Waals surface area contributed by atoms with Gasteiger partial charge in [-0.05, 0) is 18.1 Å². The summed E-state index contributed by atoms with van der Waals surface area (Å²) in [5, 5.41) is 22.5. The molecule has 26 heavy (non-hydrogen) atoms. The summed E-state index contributed by atoms with van der Waals surface area (Å²) in [5.41, 5.74) is 1.41. The van der Waals surface area contributed by atoms with Gasteiger partial charge < -0.3 is 29.4 Å². The van der Waals surface area contributed by atoms with E-state index in [0.29, 0.717) is 31.9 Å². The molecule has 2 aromatic rings. The summed E-state index contributed by atoms with van der Waals surface area (Å²) < 4.78 is 10.6. The van der Waals surface area contributed by atoms with Crippen molar-refractivity contribution in [2.75, 3.05) is 26.3 Å². The second-order valence-corrected chi connectivity index (χ2v) is 7.11. The molecular formula is C17H19BN2O6. The summed E-state index contributed by atoms with van der Waals surface area (Å²) in [7, 11) is -1.80. The Hall–Kier alpha value is -2.36. The largest absolute Gasteiger partial charge is 0.475 e. The van der Waals surface area contributed by atoms with Crippen LogP contribution in [0.3, 0.4) is 0 Å². The summed E-state index contributed by atoms with van der Waals surface area (Å²) in [4.78, 5) is 25.9. The Morgan fingerprint density at radius 3 is 2.65 bits per heavy atom. The zero-order valence-corrected chi connectivity index (χ0v) is 14.1. The number of fused-ring (bicyclic) bond motifs is 1. The van der Waals surface area contributed by atoms with E-state index in [1.807, 2.05) is 18.2 Å². The highest BCUT2D eigenvalue weighted by atomic mass is 16.5. The van der Waals surface area contributed by atoms with Crippen LogP contribution in [0.1, 0.15) is 5.56 Å². The molecule has 136 valence electrons. The molecular weight excluding hydrogens is 339 g/mol. The average Bonchev–Trinajstić information content (AvgIpc) is 2.94. The number of amides is 2. The first-order valence-corrected chi connectivity index (χ1v) is 8.46. The van der Waals surface area contributed by atoms with E-state index in [4.69, 9.17) is 9.15 Å². The second kappa shape index (κ2) is 6.42. The molecule has 2 aliphatic rings. The third kappa shape index (κ3) is 2.98. The van der Waals surface area contributed by atoms with Gasteiger partial charge in [0.05, 0.1) is 30.8 Å². The molecule has 2 aliphatic heterocycles. The fraction of sp³-hybridized carbons (Fsp3) is 0.412. The van der Waals surface area contributed by atoms with Crippen molar-refractivity contribution >= 4 is 29.9 Å². The molecule has 0 aliphatic carbocycles. The van der Waals surface area contributed by atoms with Crippen molar-refractivity contribution in [2.45, 2.75) is 12.4 Å². The molecule has 2 saturated heterocycles. The van der Waals surface area contributed by atoms with E-state index in [1.54, 1.807) is 6.07 Å². The van der Waals surface area contributed by atoms with Crippen LogP contribution in [0, 0.1) is 5.41 Å². The molecule has 3 heterocycles. The van der Waals surface area contributed by atoms with Crippen LogP contribution in [-0.4, -0.2) is 66.1 Å². The normalized spacial score (nSPS) is 18.9. The molecule has 3 N–H and O–H groups in total. The number of benzene rings is 1. The predicted molar refractivity (Wildman–Crippen MR) is 91.9 cm³/mol. The summed E-state index contributed by atoms with van der Waals surface area (Å²) in [5.74, 6) is -2.52. The Morgan fingerprint density at radius 2 is 2.00 bits per heavy atom. The van der Waals surface area contributed by atoms with E-state index in [2.05, 4.69) is 5.32 Å². The minimum Gasteiger partial charge on any atom is -0.464 e. The van der Waals surface area contributed by atoms with Gasteiger partial charge in [0, 0.05) is 18.5 Å². The lowest BCUT2D eigenvalue weighted by atomic mass is 9.75. The summed E-state index contributed by atoms with van der Waals surface area (Å²) in [6.07, 6.45) is 1.65. The zero-order valence-electron chi connectivity index (χ0n) is 14.1. The SMILES string of the molecule is O=C(NC(Cc1coc2ccccc12)B(O)O)C(=O)N1CC2(COC2)C1. The highest BCUT2D eigenvalue weighted by molar-refractivity contribution is 6.45. The van der Waals surface area contributed by atoms with Gasteiger partial charge in [-0.3, -0.25) is 9.59 Å². The second-order valence-electron chi connectivity index (χ2n) is 7.11. The van der Waals surface area contributed by atoms with Gasteiger partial charge >= 0.3 is 18.9 Å². The third-order valence-corrected chi connectivity index (χ3v) is 5.03. The molecule has 0 saturated carbocycles. The van der Waals surface area contributed by atoms with Gasteiger partial charge in [-0.25, -0.2) is 0 Å². The smallest absolute Gasteiger partial charge is 0.464 e. The Balaban J connectivity index is 1.40. The lowest BCUT2D eigenvalue weighted by molar-refractivity contribution is -0.195. The first-order chi connectivity index (χ1) is 12.5. The molecule has 1 aromatic heterocycles. The summed E-state index contributed by atoms with van der Waals surface area (Å²) in [6.45, 7) is 2.23. The molecule has 1 unspecified atom stereocenters. The maximum atomic E-state index is 12.2. The zero-order chi connectivity index (χ0) is 18.3. The van der Waals surface area contributed by atoms with Crippen molar-refractivity contribution < 1.29 is 28.8 Å². The van der Waals surface area contributed by atoms with Crippen LogP contribution in [0.2, 0.25) is 0 Å². The van der Waals surface area contributed by atoms with Gasteiger partial charge in [0.25, 0.3) is 0 Å². The van der Waals surface area contributed by atoms with Gasteiger partial charge in [-0.1, -0.05) is 18.2 Å². The quantitative estimate of drug-likeness (QED) is 0.494. The van der Waals surface area contributed by atoms with E-state index < -0.39 is 24.9 Å². The van der Waals surface area contributed by atoms with Gasteiger partial charge in [0.15, 0.2) is 0 Å². The monoisotopic (exact) mass is 358 g/mol. The summed E-state index contributed by atoms with van der Waals surface area (Å²) >= 11 is 0. The maximum Gasteiger partial charge on any atom is 0.475 e. The third-order valence-electron chi connectivity index (χ3n) is 5.03. The predicted octanol–water partition coefficient (Wildman–Crippen LogP) is -0.669. The molecule has 1 aromatic carbocycles. The Morgan fingerprint density at radius 1 is 1.27 bits per heavy atom. The number of carbonyl (C=O) groups excluding carboxylic acids is 2. The van der Waals surface area contributed by atoms with E-state index in [9.17, 15) is 19.6 Å². The maximum absolute atomic E-state index is 12.2. The minimum atomic E-state index is -1.80. The highest BCUT2D eigenvalue weighted by Gasteiger charge is 2.51. The molecule has 1 atom stereocenters. The van der Waals surface area contributed by atoms with Crippen LogP contribution in [0.15, 0.2) is 34.9 Å². The number of furan rings is 1. The van der Waals surface area contributed by atoms with Gasteiger partial charge in [-0.15, -0.1) is 0 Å². The molecule has 2 amide bonds. The van der Waals surface area contributed by atoms with Crippen LogP contribution < -0.4 is 5.32 Å². The van der Waals surface area contributed by atoms with Crippen molar-refractivity contribution in [3.05, 3.63) is 36.1 Å². The Labute approximate surface area is 149 Å². The van der Waals surface area contributed by atoms with Crippen molar-refractivity contribution in [1.29, 1.82) is 0 Å². The molecule has 4 rings (SSSR count). The van der Waals surface area contributed by atoms with Crippen LogP contribution in [0.5, 0.6) is 0 Å². The van der Waals surface area contributed by atoms with E-state index in [0.717, 1.165) is 10.9 Å². The van der Waals surface area contributed by atoms with Crippen molar-refractivity contribution in [3.63, 3.8) is 0 Å². The molecule has 8 nitrogen and oxygen atoms in total. The van der Waals surface area contributed by atoms with E-state index in [-0.39, 0.29) is 11.8 Å². The fourth-order valence-electron chi connectivity index (χ4n) is 3.51. The Kier molecular flexibility index (Phi) is 4.22. The van der Waals surface area contributed by atoms with Crippen molar-refractivity contribution in [1.82, 2.24) is 10.2 Å². The number of hydrogen-bond donors (Lipinski definition) is 3. The number of hydrogen-bond acceptors (Lipinski definition) is 6. The van der Waals surface area contributed by atoms with Gasteiger partial charge in [0.1, 0.15) is 5.58 Å². The molecule has 0 radical (unpaired) electrons. The fourth-order valence-corrected chi connectivity index (χ4v) is 3.51. The highest BCUT2D eigenvalue weighted by Crippen LogP contribution is 2.37. The van der Waals surface area contributed by atoms with Crippen molar-refractivity contribution in [3.8, 4) is 0 Å². The number of rotatable bonds is 4. The number of ether oxygens (including phenoxy) is 1. The van der Waals surface area contributed by atoms with Crippen LogP contribution in [0.4, 0.5) is 0 Å². The molecule has 9 heteroatoms. The molecule has 0 bridgehead atoms. The topological polar surface area (TPSA) is 112 Å². The van der Waals surface area contributed by atoms with E-state index in [1.165, 1.54) is 11.2 Å². The van der Waals surface area contributed by atoms with Gasteiger partial charge in [-0.2, -0.15) is 0 Å². The molecule has 2 fully saturated rings. The van der Waals surface area contributed by atoms with Crippen LogP contribution in [0.25, 0.3) is 11.0 Å². The lowest BCUT2D eigenvalue weighted by Gasteiger charge is -2.54. The summed E-state index contributed by atoms with van der Waals surface area (Å²) in [6, 6.07) is 7.33. The number of likely N-dealkylation sites (tertiary alicyclic amines) is 1. The standard InChI is InChI=1S/C17H19BN2O6/c21-15(16(22)20-7-17(8-20)9-25-10-17)19-14(18(23)24)5-11-6-26-13-4-2-1-3-12(11)13/h1-4,6,14,23-24H,5,7-10H2,(H,19,21). The van der Waals surface area contributed by atoms with Crippen molar-refractivity contribution in [2.24, 2.45) is 5.41 Å². The average molecular weight is 358 g/mol. The van der Waals surface area contributed by atoms with Crippen LogP contribution >= 0.6 is 0 Å². The van der Waals surface area contributed by atoms with Crippen LogP contribution in [-0.2, 0) is 20.7 Å². The number of nitrogens with zero attached hydrogens (tertiary/aromatic N) is 1. The number of para-hydroxylation sites is 1. The lowest BCUT2D eigenvalue weighted by Crippen LogP contribution is -2.69. The first-order valence-electron chi connectivity index (χ1n) is 8.46. The van der Waals surface area contributed by atoms with E-state index >= 15 is 0 Å². The van der Waals surface area contributed by atoms with Gasteiger partial charge in [0.2, 0.25) is 0 Å². The molecule has 1 spiro atoms. The number of carbonyl (C=O) groups is 2. The Bertz CT molecular complexity index is 839. The minimum absolute atomic E-state index is 0.0154. The first kappa shape index (κ1) is 17.1. The number of nitrogens with one attached hydrogen (secondary N) is 1.